The lowest BCUT2D eigenvalue weighted by Crippen LogP contribution is -2.23. The molecule has 0 amide bonds. The normalized spacial score (nSPS) is 20.7. The molecule has 15 heavy (non-hydrogen) atoms. The Bertz CT molecular complexity index is 361. The second-order valence-electron chi connectivity index (χ2n) is 3.42. The van der Waals surface area contributed by atoms with Crippen molar-refractivity contribution < 1.29 is 9.84 Å². The van der Waals surface area contributed by atoms with E-state index in [9.17, 15) is 5.11 Å². The van der Waals surface area contributed by atoms with Gasteiger partial charge in [-0.1, -0.05) is 0 Å². The van der Waals surface area contributed by atoms with E-state index in [1.54, 1.807) is 13.3 Å². The van der Waals surface area contributed by atoms with E-state index in [-0.39, 0.29) is 6.10 Å². The molecule has 1 aromatic heterocycles. The summed E-state index contributed by atoms with van der Waals surface area (Å²) in [4.78, 5) is 10.4. The Morgan fingerprint density at radius 2 is 2.47 bits per heavy atom. The van der Waals surface area contributed by atoms with Gasteiger partial charge < -0.3 is 14.7 Å². The molecule has 0 spiro atoms. The Morgan fingerprint density at radius 3 is 3.07 bits per heavy atom. The van der Waals surface area contributed by atoms with Gasteiger partial charge in [0.2, 0.25) is 11.8 Å². The number of aliphatic hydroxyl groups is 1. The van der Waals surface area contributed by atoms with E-state index in [0.717, 1.165) is 17.4 Å². The first-order chi connectivity index (χ1) is 7.20. The molecule has 2 heterocycles. The van der Waals surface area contributed by atoms with Crippen LogP contribution in [0.1, 0.15) is 6.42 Å². The van der Waals surface area contributed by atoms with Crippen LogP contribution in [0.15, 0.2) is 10.7 Å². The quantitative estimate of drug-likeness (QED) is 0.865. The number of anilines is 1. The zero-order chi connectivity index (χ0) is 10.8. The monoisotopic (exact) mass is 273 g/mol. The molecule has 1 fully saturated rings. The Morgan fingerprint density at radius 1 is 1.67 bits per heavy atom. The second kappa shape index (κ2) is 4.32. The lowest BCUT2D eigenvalue weighted by atomic mass is 10.3. The van der Waals surface area contributed by atoms with Gasteiger partial charge in [-0.25, -0.2) is 4.98 Å². The molecule has 5 nitrogen and oxygen atoms in total. The Hall–Kier alpha value is -0.880. The van der Waals surface area contributed by atoms with Crippen molar-refractivity contribution in [3.8, 4) is 5.88 Å². The van der Waals surface area contributed by atoms with Gasteiger partial charge in [0.25, 0.3) is 0 Å². The Labute approximate surface area is 96.2 Å². The van der Waals surface area contributed by atoms with E-state index in [1.807, 2.05) is 4.90 Å². The molecule has 1 N–H and O–H groups in total. The molecule has 2 rings (SSSR count). The number of methoxy groups -OCH3 is 1. The predicted molar refractivity (Wildman–Crippen MR) is 59.1 cm³/mol. The average Bonchev–Trinajstić information content (AvgIpc) is 2.66. The summed E-state index contributed by atoms with van der Waals surface area (Å²) in [6.45, 7) is 1.37. The van der Waals surface area contributed by atoms with Gasteiger partial charge in [-0.05, 0) is 22.4 Å². The van der Waals surface area contributed by atoms with E-state index >= 15 is 0 Å². The van der Waals surface area contributed by atoms with Gasteiger partial charge in [-0.15, -0.1) is 0 Å². The van der Waals surface area contributed by atoms with E-state index in [4.69, 9.17) is 4.74 Å². The van der Waals surface area contributed by atoms with Gasteiger partial charge in [0.15, 0.2) is 0 Å². The summed E-state index contributed by atoms with van der Waals surface area (Å²) in [7, 11) is 1.57. The molecule has 1 aliphatic rings. The summed E-state index contributed by atoms with van der Waals surface area (Å²) in [5.41, 5.74) is 0. The number of aromatic nitrogens is 2. The highest BCUT2D eigenvalue weighted by Gasteiger charge is 2.22. The van der Waals surface area contributed by atoms with Crippen molar-refractivity contribution in [3.63, 3.8) is 0 Å². The SMILES string of the molecule is COc1nc(N2CC[C@@H](O)C2)ncc1Br. The minimum Gasteiger partial charge on any atom is -0.480 e. The number of nitrogens with zero attached hydrogens (tertiary/aromatic N) is 3. The lowest BCUT2D eigenvalue weighted by Gasteiger charge is -2.15. The molecule has 1 aromatic rings. The van der Waals surface area contributed by atoms with E-state index in [2.05, 4.69) is 25.9 Å². The maximum atomic E-state index is 9.40. The first-order valence-electron chi connectivity index (χ1n) is 4.70. The first-order valence-corrected chi connectivity index (χ1v) is 5.49. The van der Waals surface area contributed by atoms with Crippen LogP contribution in [0.2, 0.25) is 0 Å². The molecule has 1 atom stereocenters. The van der Waals surface area contributed by atoms with Crippen molar-refractivity contribution in [3.05, 3.63) is 10.7 Å². The molecule has 1 saturated heterocycles. The molecular formula is C9H12BrN3O2. The van der Waals surface area contributed by atoms with Crippen molar-refractivity contribution in [1.82, 2.24) is 9.97 Å². The number of halogens is 1. The van der Waals surface area contributed by atoms with Crippen molar-refractivity contribution >= 4 is 21.9 Å². The van der Waals surface area contributed by atoms with E-state index in [1.165, 1.54) is 0 Å². The molecular weight excluding hydrogens is 262 g/mol. The van der Waals surface area contributed by atoms with Gasteiger partial charge in [-0.2, -0.15) is 4.98 Å². The summed E-state index contributed by atoms with van der Waals surface area (Å²) >= 11 is 3.29. The molecule has 0 bridgehead atoms. The van der Waals surface area contributed by atoms with Crippen LogP contribution in [0.4, 0.5) is 5.95 Å². The Balaban J connectivity index is 2.21. The molecule has 1 aliphatic heterocycles. The third kappa shape index (κ3) is 2.21. The number of rotatable bonds is 2. The highest BCUT2D eigenvalue weighted by Crippen LogP contribution is 2.24. The van der Waals surface area contributed by atoms with Gasteiger partial charge in [0, 0.05) is 13.1 Å². The van der Waals surface area contributed by atoms with Gasteiger partial charge >= 0.3 is 0 Å². The lowest BCUT2D eigenvalue weighted by molar-refractivity contribution is 0.198. The van der Waals surface area contributed by atoms with Gasteiger partial charge in [0.1, 0.15) is 0 Å². The van der Waals surface area contributed by atoms with Crippen LogP contribution in [0.5, 0.6) is 5.88 Å². The molecule has 0 unspecified atom stereocenters. The topological polar surface area (TPSA) is 58.5 Å². The average molecular weight is 274 g/mol. The van der Waals surface area contributed by atoms with Crippen molar-refractivity contribution in [2.24, 2.45) is 0 Å². The number of ether oxygens (including phenoxy) is 1. The first kappa shape index (κ1) is 10.6. The van der Waals surface area contributed by atoms with Crippen LogP contribution in [0, 0.1) is 0 Å². The van der Waals surface area contributed by atoms with Gasteiger partial charge in [0.05, 0.1) is 23.9 Å². The van der Waals surface area contributed by atoms with Crippen LogP contribution in [0.25, 0.3) is 0 Å². The number of hydrogen-bond acceptors (Lipinski definition) is 5. The largest absolute Gasteiger partial charge is 0.480 e. The van der Waals surface area contributed by atoms with Crippen LogP contribution in [-0.4, -0.2) is 41.4 Å². The fourth-order valence-electron chi connectivity index (χ4n) is 1.56. The number of hydrogen-bond donors (Lipinski definition) is 1. The summed E-state index contributed by atoms with van der Waals surface area (Å²) < 4.78 is 5.81. The van der Waals surface area contributed by atoms with Crippen LogP contribution >= 0.6 is 15.9 Å². The summed E-state index contributed by atoms with van der Waals surface area (Å²) in [6, 6.07) is 0. The number of β-amino-alcohol motifs (C(OH)–C–C–N with tert-alkyl or cyclic N) is 1. The number of aliphatic hydroxyl groups excluding tert-OH is 1. The van der Waals surface area contributed by atoms with Crippen molar-refractivity contribution in [2.75, 3.05) is 25.1 Å². The summed E-state index contributed by atoms with van der Waals surface area (Å²) in [5.74, 6) is 1.12. The summed E-state index contributed by atoms with van der Waals surface area (Å²) in [5, 5.41) is 9.40. The van der Waals surface area contributed by atoms with E-state index in [0.29, 0.717) is 18.4 Å². The minimum atomic E-state index is -0.275. The highest BCUT2D eigenvalue weighted by molar-refractivity contribution is 9.10. The maximum absolute atomic E-state index is 9.40. The highest BCUT2D eigenvalue weighted by atomic mass is 79.9. The zero-order valence-electron chi connectivity index (χ0n) is 8.35. The smallest absolute Gasteiger partial charge is 0.232 e. The second-order valence-corrected chi connectivity index (χ2v) is 4.27. The van der Waals surface area contributed by atoms with Crippen LogP contribution in [-0.2, 0) is 0 Å². The summed E-state index contributed by atoms with van der Waals surface area (Å²) in [6.07, 6.45) is 2.15. The maximum Gasteiger partial charge on any atom is 0.232 e. The van der Waals surface area contributed by atoms with E-state index < -0.39 is 0 Å². The van der Waals surface area contributed by atoms with Crippen LogP contribution in [0.3, 0.4) is 0 Å². The third-order valence-electron chi connectivity index (χ3n) is 2.34. The standard InChI is InChI=1S/C9H12BrN3O2/c1-15-8-7(10)4-11-9(12-8)13-3-2-6(14)5-13/h4,6,14H,2-3,5H2,1H3/t6-/m1/s1. The molecule has 82 valence electrons. The fourth-order valence-corrected chi connectivity index (χ4v) is 1.91. The molecule has 0 aromatic carbocycles. The van der Waals surface area contributed by atoms with Gasteiger partial charge in [-0.3, -0.25) is 0 Å². The molecule has 0 radical (unpaired) electrons. The molecule has 0 saturated carbocycles. The van der Waals surface area contributed by atoms with Crippen molar-refractivity contribution in [1.29, 1.82) is 0 Å². The fraction of sp³-hybridized carbons (Fsp3) is 0.556. The third-order valence-corrected chi connectivity index (χ3v) is 2.88. The minimum absolute atomic E-state index is 0.275. The van der Waals surface area contributed by atoms with Crippen LogP contribution < -0.4 is 9.64 Å². The molecule has 0 aliphatic carbocycles. The molecule has 6 heteroatoms. The zero-order valence-corrected chi connectivity index (χ0v) is 9.94. The predicted octanol–water partition coefficient (Wildman–Crippen LogP) is 0.819. The van der Waals surface area contributed by atoms with Crippen molar-refractivity contribution in [2.45, 2.75) is 12.5 Å². The Kier molecular flexibility index (Phi) is 3.06.